The summed E-state index contributed by atoms with van der Waals surface area (Å²) in [5.74, 6) is 0.682. The molecule has 0 spiro atoms. The lowest BCUT2D eigenvalue weighted by Crippen LogP contribution is -2.57. The Kier molecular flexibility index (Phi) is 7.15. The van der Waals surface area contributed by atoms with E-state index in [1.807, 2.05) is 0 Å². The molecule has 108 valence electrons. The molecule has 1 saturated carbocycles. The molecule has 1 fully saturated rings. The van der Waals surface area contributed by atoms with Crippen molar-refractivity contribution in [1.29, 1.82) is 0 Å². The molecule has 0 bridgehead atoms. The van der Waals surface area contributed by atoms with Gasteiger partial charge in [0.25, 0.3) is 0 Å². The fourth-order valence-corrected chi connectivity index (χ4v) is 3.29. The molecular weight excluding hydrogens is 228 g/mol. The predicted molar refractivity (Wildman–Crippen MR) is 74.7 cm³/mol. The van der Waals surface area contributed by atoms with Gasteiger partial charge in [-0.3, -0.25) is 4.90 Å². The molecule has 0 aromatic carbocycles. The van der Waals surface area contributed by atoms with Gasteiger partial charge in [-0.25, -0.2) is 0 Å². The Labute approximate surface area is 112 Å². The summed E-state index contributed by atoms with van der Waals surface area (Å²) in [5.41, 5.74) is 6.31. The largest absolute Gasteiger partial charge is 0.385 e. The van der Waals surface area contributed by atoms with Crippen LogP contribution in [-0.4, -0.2) is 57.5 Å². The van der Waals surface area contributed by atoms with Gasteiger partial charge in [0.15, 0.2) is 0 Å². The normalized spacial score (nSPS) is 28.2. The van der Waals surface area contributed by atoms with Crippen LogP contribution >= 0.6 is 0 Å². The molecule has 0 saturated heterocycles. The SMILES string of the molecule is COCCCN(CCOC)C1(CN)CCCC1C. The number of methoxy groups -OCH3 is 2. The Morgan fingerprint density at radius 2 is 1.94 bits per heavy atom. The summed E-state index contributed by atoms with van der Waals surface area (Å²) in [7, 11) is 3.52. The highest BCUT2D eigenvalue weighted by molar-refractivity contribution is 5.00. The molecule has 1 rings (SSSR count). The van der Waals surface area contributed by atoms with Crippen molar-refractivity contribution in [3.8, 4) is 0 Å². The van der Waals surface area contributed by atoms with Crippen LogP contribution in [0.5, 0.6) is 0 Å². The highest BCUT2D eigenvalue weighted by atomic mass is 16.5. The molecule has 0 radical (unpaired) electrons. The molecule has 4 heteroatoms. The van der Waals surface area contributed by atoms with Gasteiger partial charge >= 0.3 is 0 Å². The van der Waals surface area contributed by atoms with Crippen LogP contribution in [0.15, 0.2) is 0 Å². The molecule has 1 aliphatic rings. The first-order valence-corrected chi connectivity index (χ1v) is 7.14. The van der Waals surface area contributed by atoms with Gasteiger partial charge in [0.2, 0.25) is 0 Å². The minimum absolute atomic E-state index is 0.187. The van der Waals surface area contributed by atoms with Crippen LogP contribution in [0.2, 0.25) is 0 Å². The second kappa shape index (κ2) is 8.10. The maximum atomic E-state index is 6.12. The van der Waals surface area contributed by atoms with Crippen molar-refractivity contribution in [2.75, 3.05) is 47.1 Å². The fourth-order valence-electron chi connectivity index (χ4n) is 3.29. The van der Waals surface area contributed by atoms with Crippen molar-refractivity contribution in [3.63, 3.8) is 0 Å². The van der Waals surface area contributed by atoms with E-state index in [9.17, 15) is 0 Å². The molecule has 1 aliphatic carbocycles. The average molecular weight is 258 g/mol. The summed E-state index contributed by atoms with van der Waals surface area (Å²) >= 11 is 0. The summed E-state index contributed by atoms with van der Waals surface area (Å²) < 4.78 is 10.4. The van der Waals surface area contributed by atoms with Crippen molar-refractivity contribution in [2.24, 2.45) is 11.7 Å². The van der Waals surface area contributed by atoms with Gasteiger partial charge in [0.05, 0.1) is 6.61 Å². The van der Waals surface area contributed by atoms with Gasteiger partial charge in [-0.1, -0.05) is 13.3 Å². The fraction of sp³-hybridized carbons (Fsp3) is 1.00. The zero-order valence-corrected chi connectivity index (χ0v) is 12.3. The van der Waals surface area contributed by atoms with E-state index in [1.54, 1.807) is 14.2 Å². The van der Waals surface area contributed by atoms with E-state index in [1.165, 1.54) is 19.3 Å². The van der Waals surface area contributed by atoms with E-state index < -0.39 is 0 Å². The average Bonchev–Trinajstić information content (AvgIpc) is 2.76. The molecule has 4 nitrogen and oxygen atoms in total. The lowest BCUT2D eigenvalue weighted by atomic mass is 9.86. The molecular formula is C14H30N2O2. The van der Waals surface area contributed by atoms with Gasteiger partial charge in [0.1, 0.15) is 0 Å². The molecule has 0 aromatic heterocycles. The molecule has 0 aromatic rings. The first-order valence-electron chi connectivity index (χ1n) is 7.14. The number of hydrogen-bond donors (Lipinski definition) is 1. The van der Waals surface area contributed by atoms with E-state index >= 15 is 0 Å². The van der Waals surface area contributed by atoms with Crippen LogP contribution in [0.25, 0.3) is 0 Å². The summed E-state index contributed by atoms with van der Waals surface area (Å²) in [6, 6.07) is 0. The quantitative estimate of drug-likeness (QED) is 0.637. The standard InChI is InChI=1S/C14H30N2O2/c1-13-6-4-7-14(13,12-15)16(9-11-18-3)8-5-10-17-2/h13H,4-12,15H2,1-3H3. The molecule has 0 amide bonds. The lowest BCUT2D eigenvalue weighted by Gasteiger charge is -2.44. The van der Waals surface area contributed by atoms with E-state index in [-0.39, 0.29) is 5.54 Å². The van der Waals surface area contributed by atoms with Crippen LogP contribution in [0, 0.1) is 5.92 Å². The second-order valence-electron chi connectivity index (χ2n) is 5.43. The third-order valence-electron chi connectivity index (χ3n) is 4.49. The van der Waals surface area contributed by atoms with Crippen molar-refractivity contribution in [3.05, 3.63) is 0 Å². The summed E-state index contributed by atoms with van der Waals surface area (Å²) in [4.78, 5) is 2.55. The van der Waals surface area contributed by atoms with Crippen molar-refractivity contribution < 1.29 is 9.47 Å². The van der Waals surface area contributed by atoms with Crippen LogP contribution in [0.4, 0.5) is 0 Å². The van der Waals surface area contributed by atoms with Crippen molar-refractivity contribution in [1.82, 2.24) is 4.90 Å². The first-order chi connectivity index (χ1) is 8.71. The first kappa shape index (κ1) is 15.9. The van der Waals surface area contributed by atoms with Gasteiger partial charge in [0, 0.05) is 46.0 Å². The monoisotopic (exact) mass is 258 g/mol. The van der Waals surface area contributed by atoms with Crippen LogP contribution in [0.3, 0.4) is 0 Å². The molecule has 2 atom stereocenters. The number of hydrogen-bond acceptors (Lipinski definition) is 4. The van der Waals surface area contributed by atoms with Crippen LogP contribution < -0.4 is 5.73 Å². The Balaban J connectivity index is 2.65. The smallest absolute Gasteiger partial charge is 0.0589 e. The highest BCUT2D eigenvalue weighted by Gasteiger charge is 2.43. The molecule has 0 aliphatic heterocycles. The van der Waals surface area contributed by atoms with E-state index in [0.29, 0.717) is 5.92 Å². The van der Waals surface area contributed by atoms with E-state index in [0.717, 1.165) is 39.3 Å². The van der Waals surface area contributed by atoms with Gasteiger partial charge < -0.3 is 15.2 Å². The summed E-state index contributed by atoms with van der Waals surface area (Å²) in [6.07, 6.45) is 4.88. The van der Waals surface area contributed by atoms with Crippen molar-refractivity contribution in [2.45, 2.75) is 38.1 Å². The summed E-state index contributed by atoms with van der Waals surface area (Å²) in [6.45, 7) is 6.72. The third-order valence-corrected chi connectivity index (χ3v) is 4.49. The Morgan fingerprint density at radius 1 is 1.22 bits per heavy atom. The predicted octanol–water partition coefficient (Wildman–Crippen LogP) is 1.49. The lowest BCUT2D eigenvalue weighted by molar-refractivity contribution is 0.0311. The molecule has 18 heavy (non-hydrogen) atoms. The maximum Gasteiger partial charge on any atom is 0.0589 e. The minimum Gasteiger partial charge on any atom is -0.385 e. The number of nitrogens with two attached hydrogens (primary N) is 1. The minimum atomic E-state index is 0.187. The topological polar surface area (TPSA) is 47.7 Å². The van der Waals surface area contributed by atoms with E-state index in [2.05, 4.69) is 11.8 Å². The van der Waals surface area contributed by atoms with Gasteiger partial charge in [-0.15, -0.1) is 0 Å². The Hall–Kier alpha value is -0.160. The van der Waals surface area contributed by atoms with Crippen LogP contribution in [0.1, 0.15) is 32.6 Å². The Morgan fingerprint density at radius 3 is 2.44 bits per heavy atom. The number of nitrogens with zero attached hydrogens (tertiary/aromatic N) is 1. The second-order valence-corrected chi connectivity index (χ2v) is 5.43. The molecule has 0 heterocycles. The highest BCUT2D eigenvalue weighted by Crippen LogP contribution is 2.39. The number of ether oxygens (including phenoxy) is 2. The van der Waals surface area contributed by atoms with Gasteiger partial charge in [-0.05, 0) is 25.2 Å². The molecule has 2 unspecified atom stereocenters. The third kappa shape index (κ3) is 3.67. The van der Waals surface area contributed by atoms with Crippen LogP contribution in [-0.2, 0) is 9.47 Å². The zero-order chi connectivity index (χ0) is 13.4. The maximum absolute atomic E-state index is 6.12. The summed E-state index contributed by atoms with van der Waals surface area (Å²) in [5, 5.41) is 0. The van der Waals surface area contributed by atoms with E-state index in [4.69, 9.17) is 15.2 Å². The van der Waals surface area contributed by atoms with Crippen molar-refractivity contribution >= 4 is 0 Å². The Bertz CT molecular complexity index is 226. The zero-order valence-electron chi connectivity index (χ0n) is 12.3. The molecule has 2 N–H and O–H groups in total. The number of rotatable bonds is 9. The van der Waals surface area contributed by atoms with Gasteiger partial charge in [-0.2, -0.15) is 0 Å².